The minimum atomic E-state index is -1.03. The lowest BCUT2D eigenvalue weighted by Crippen LogP contribution is -2.50. The smallest absolute Gasteiger partial charge is 0.132 e. The molecule has 1 aliphatic carbocycles. The number of hydrogen-bond donors (Lipinski definition) is 0. The number of rotatable bonds is 2. The molecule has 0 aromatic heterocycles. The van der Waals surface area contributed by atoms with Gasteiger partial charge in [-0.3, -0.25) is 4.79 Å². The number of carboxylic acid groups (broad SMARTS) is 1. The Morgan fingerprint density at radius 1 is 1.45 bits per heavy atom. The molecule has 0 saturated heterocycles. The van der Waals surface area contributed by atoms with Crippen LogP contribution in [-0.4, -0.2) is 11.8 Å². The van der Waals surface area contributed by atoms with Crippen molar-refractivity contribution >= 4 is 11.8 Å². The van der Waals surface area contributed by atoms with E-state index in [9.17, 15) is 14.7 Å². The molecule has 3 nitrogen and oxygen atoms in total. The highest BCUT2D eigenvalue weighted by Crippen LogP contribution is 2.45. The van der Waals surface area contributed by atoms with Crippen LogP contribution < -0.4 is 5.11 Å². The Bertz CT molecular complexity index is 201. The zero-order valence-corrected chi connectivity index (χ0v) is 6.72. The number of Topliss-reactive ketones (excluding diaryl/α,β-unsaturated/α-hetero) is 1. The van der Waals surface area contributed by atoms with E-state index in [1.54, 1.807) is 6.92 Å². The van der Waals surface area contributed by atoms with Crippen LogP contribution in [0, 0.1) is 11.3 Å². The van der Waals surface area contributed by atoms with Crippen molar-refractivity contribution < 1.29 is 14.7 Å². The third-order valence-corrected chi connectivity index (χ3v) is 2.46. The van der Waals surface area contributed by atoms with E-state index in [1.165, 1.54) is 6.92 Å². The van der Waals surface area contributed by atoms with Gasteiger partial charge in [-0.2, -0.15) is 0 Å². The maximum atomic E-state index is 10.7. The molecule has 11 heavy (non-hydrogen) atoms. The molecule has 0 radical (unpaired) electrons. The van der Waals surface area contributed by atoms with Crippen molar-refractivity contribution in [1.29, 1.82) is 0 Å². The Hall–Kier alpha value is -0.860. The Labute approximate surface area is 65.4 Å². The van der Waals surface area contributed by atoms with Gasteiger partial charge < -0.3 is 9.90 Å². The monoisotopic (exact) mass is 155 g/mol. The van der Waals surface area contributed by atoms with Crippen LogP contribution in [0.4, 0.5) is 0 Å². The van der Waals surface area contributed by atoms with Crippen molar-refractivity contribution in [3.05, 3.63) is 0 Å². The van der Waals surface area contributed by atoms with E-state index >= 15 is 0 Å². The van der Waals surface area contributed by atoms with Crippen molar-refractivity contribution in [3.63, 3.8) is 0 Å². The second kappa shape index (κ2) is 2.32. The Morgan fingerprint density at radius 2 is 1.91 bits per heavy atom. The fourth-order valence-electron chi connectivity index (χ4n) is 1.48. The van der Waals surface area contributed by atoms with E-state index in [0.29, 0.717) is 12.8 Å². The van der Waals surface area contributed by atoms with Crippen molar-refractivity contribution in [2.75, 3.05) is 0 Å². The molecular weight excluding hydrogens is 144 g/mol. The molecule has 1 fully saturated rings. The molecule has 1 rings (SSSR count). The van der Waals surface area contributed by atoms with Gasteiger partial charge in [-0.05, 0) is 19.8 Å². The minimum absolute atomic E-state index is 0.0436. The molecule has 3 heteroatoms. The molecule has 0 aliphatic heterocycles. The van der Waals surface area contributed by atoms with Gasteiger partial charge >= 0.3 is 0 Å². The lowest BCUT2D eigenvalue weighted by atomic mass is 9.62. The second-order valence-electron chi connectivity index (χ2n) is 3.56. The summed E-state index contributed by atoms with van der Waals surface area (Å²) in [5.74, 6) is -0.989. The maximum Gasteiger partial charge on any atom is 0.132 e. The predicted octanol–water partition coefficient (Wildman–Crippen LogP) is -0.258. The van der Waals surface area contributed by atoms with E-state index in [4.69, 9.17) is 0 Å². The summed E-state index contributed by atoms with van der Waals surface area (Å²) in [5, 5.41) is 10.4. The van der Waals surface area contributed by atoms with Gasteiger partial charge in [0.25, 0.3) is 0 Å². The first-order valence-electron chi connectivity index (χ1n) is 3.67. The van der Waals surface area contributed by atoms with Crippen molar-refractivity contribution in [1.82, 2.24) is 0 Å². The van der Waals surface area contributed by atoms with Crippen LogP contribution in [0.3, 0.4) is 0 Å². The predicted molar refractivity (Wildman–Crippen MR) is 36.5 cm³/mol. The first-order chi connectivity index (χ1) is 4.96. The SMILES string of the molecule is CC(=O)C1CC(C)(C(=O)[O-])C1. The summed E-state index contributed by atoms with van der Waals surface area (Å²) >= 11 is 0. The van der Waals surface area contributed by atoms with E-state index in [0.717, 1.165) is 0 Å². The molecule has 0 spiro atoms. The third kappa shape index (κ3) is 1.27. The molecule has 62 valence electrons. The highest BCUT2D eigenvalue weighted by molar-refractivity contribution is 5.83. The molecular formula is C8H11O3-. The quantitative estimate of drug-likeness (QED) is 0.552. The Balaban J connectivity index is 2.50. The average Bonchev–Trinajstić information content (AvgIpc) is 1.79. The topological polar surface area (TPSA) is 57.2 Å². The van der Waals surface area contributed by atoms with Crippen LogP contribution in [0.1, 0.15) is 26.7 Å². The molecule has 1 aliphatic rings. The van der Waals surface area contributed by atoms with Gasteiger partial charge in [-0.25, -0.2) is 0 Å². The summed E-state index contributed by atoms with van der Waals surface area (Å²) in [7, 11) is 0. The summed E-state index contributed by atoms with van der Waals surface area (Å²) in [5.41, 5.74) is -0.740. The van der Waals surface area contributed by atoms with Crippen molar-refractivity contribution in [3.8, 4) is 0 Å². The van der Waals surface area contributed by atoms with E-state index in [2.05, 4.69) is 0 Å². The number of carbonyl (C=O) groups excluding carboxylic acids is 2. The number of carboxylic acids is 1. The van der Waals surface area contributed by atoms with Gasteiger partial charge in [0.15, 0.2) is 0 Å². The highest BCUT2D eigenvalue weighted by Gasteiger charge is 2.43. The van der Waals surface area contributed by atoms with Gasteiger partial charge in [-0.15, -0.1) is 0 Å². The standard InChI is InChI=1S/C8H12O3/c1-5(9)6-3-8(2,4-6)7(10)11/h6H,3-4H2,1-2H3,(H,10,11)/p-1. The van der Waals surface area contributed by atoms with Crippen LogP contribution >= 0.6 is 0 Å². The lowest BCUT2D eigenvalue weighted by Gasteiger charge is -2.44. The first-order valence-corrected chi connectivity index (χ1v) is 3.67. The summed E-state index contributed by atoms with van der Waals surface area (Å²) in [6, 6.07) is 0. The fourth-order valence-corrected chi connectivity index (χ4v) is 1.48. The molecule has 0 atom stereocenters. The second-order valence-corrected chi connectivity index (χ2v) is 3.56. The zero-order chi connectivity index (χ0) is 8.65. The van der Waals surface area contributed by atoms with E-state index < -0.39 is 11.4 Å². The third-order valence-electron chi connectivity index (χ3n) is 2.46. The van der Waals surface area contributed by atoms with Gasteiger partial charge in [0.05, 0.1) is 0 Å². The molecule has 0 heterocycles. The lowest BCUT2D eigenvalue weighted by molar-refractivity contribution is -0.323. The number of ketones is 1. The zero-order valence-electron chi connectivity index (χ0n) is 6.72. The highest BCUT2D eigenvalue weighted by atomic mass is 16.4. The van der Waals surface area contributed by atoms with Crippen molar-refractivity contribution in [2.24, 2.45) is 11.3 Å². The molecule has 0 amide bonds. The molecule has 0 bridgehead atoms. The summed E-state index contributed by atoms with van der Waals surface area (Å²) in [6.45, 7) is 3.13. The molecule has 0 unspecified atom stereocenters. The molecule has 0 aromatic carbocycles. The fraction of sp³-hybridized carbons (Fsp3) is 0.750. The minimum Gasteiger partial charge on any atom is -0.550 e. The van der Waals surface area contributed by atoms with Crippen LogP contribution in [0.2, 0.25) is 0 Å². The number of aliphatic carboxylic acids is 1. The average molecular weight is 155 g/mol. The number of carbonyl (C=O) groups is 2. The normalized spacial score (nSPS) is 36.0. The van der Waals surface area contributed by atoms with Crippen molar-refractivity contribution in [2.45, 2.75) is 26.7 Å². The van der Waals surface area contributed by atoms with Crippen LogP contribution in [0.5, 0.6) is 0 Å². The van der Waals surface area contributed by atoms with Gasteiger partial charge in [0.2, 0.25) is 0 Å². The summed E-state index contributed by atoms with van der Waals surface area (Å²) in [4.78, 5) is 21.2. The summed E-state index contributed by atoms with van der Waals surface area (Å²) in [6.07, 6.45) is 0.898. The molecule has 1 saturated carbocycles. The van der Waals surface area contributed by atoms with Gasteiger partial charge in [0, 0.05) is 17.3 Å². The number of hydrogen-bond acceptors (Lipinski definition) is 3. The largest absolute Gasteiger partial charge is 0.550 e. The van der Waals surface area contributed by atoms with E-state index in [-0.39, 0.29) is 11.7 Å². The van der Waals surface area contributed by atoms with E-state index in [1.807, 2.05) is 0 Å². The first kappa shape index (κ1) is 8.24. The van der Waals surface area contributed by atoms with Gasteiger partial charge in [0.1, 0.15) is 5.78 Å². The Kier molecular flexibility index (Phi) is 1.74. The Morgan fingerprint density at radius 3 is 2.18 bits per heavy atom. The van der Waals surface area contributed by atoms with Crippen LogP contribution in [-0.2, 0) is 9.59 Å². The van der Waals surface area contributed by atoms with Gasteiger partial charge in [-0.1, -0.05) is 6.92 Å². The molecule has 0 aromatic rings. The van der Waals surface area contributed by atoms with Crippen LogP contribution in [0.25, 0.3) is 0 Å². The summed E-state index contributed by atoms with van der Waals surface area (Å²) < 4.78 is 0. The maximum absolute atomic E-state index is 10.7. The molecule has 0 N–H and O–H groups in total. The van der Waals surface area contributed by atoms with Crippen LogP contribution in [0.15, 0.2) is 0 Å².